The molecule has 0 spiro atoms. The number of carbonyl (C=O) groups excluding carboxylic acids is 2. The van der Waals surface area contributed by atoms with Gasteiger partial charge in [-0.2, -0.15) is 26.3 Å². The van der Waals surface area contributed by atoms with Gasteiger partial charge >= 0.3 is 12.4 Å². The molecule has 1 saturated heterocycles. The maximum absolute atomic E-state index is 13.3. The molecule has 1 fully saturated rings. The van der Waals surface area contributed by atoms with Gasteiger partial charge in [0.05, 0.1) is 16.7 Å². The number of carbonyl (C=O) groups is 2. The number of alkyl halides is 6. The second-order valence-corrected chi connectivity index (χ2v) is 9.69. The van der Waals surface area contributed by atoms with Gasteiger partial charge < -0.3 is 15.5 Å². The average molecular weight is 565 g/mol. The first-order valence-electron chi connectivity index (χ1n) is 12.5. The number of benzene rings is 2. The molecule has 0 aliphatic carbocycles. The summed E-state index contributed by atoms with van der Waals surface area (Å²) in [6.07, 6.45) is -5.19. The van der Waals surface area contributed by atoms with E-state index in [2.05, 4.69) is 22.5 Å². The van der Waals surface area contributed by atoms with Crippen LogP contribution in [0.4, 0.5) is 37.7 Å². The van der Waals surface area contributed by atoms with Crippen molar-refractivity contribution >= 4 is 23.2 Å². The number of rotatable bonds is 6. The summed E-state index contributed by atoms with van der Waals surface area (Å²) in [6.45, 7) is 3.69. The van der Waals surface area contributed by atoms with Gasteiger partial charge in [0.25, 0.3) is 11.8 Å². The summed E-state index contributed by atoms with van der Waals surface area (Å²) in [7, 11) is 0. The fraction of sp³-hybridized carbons (Fsp3) is 0.321. The van der Waals surface area contributed by atoms with Crippen LogP contribution in [0.15, 0.2) is 60.9 Å². The molecular weight excluding hydrogens is 538 g/mol. The normalized spacial score (nSPS) is 14.6. The molecular formula is C28H26F6N4O2. The van der Waals surface area contributed by atoms with Crippen molar-refractivity contribution in [2.24, 2.45) is 5.92 Å². The van der Waals surface area contributed by atoms with Gasteiger partial charge in [-0.15, -0.1) is 0 Å². The van der Waals surface area contributed by atoms with E-state index >= 15 is 0 Å². The quantitative estimate of drug-likeness (QED) is 0.334. The summed E-state index contributed by atoms with van der Waals surface area (Å²) < 4.78 is 79.5. The second kappa shape index (κ2) is 11.6. The smallest absolute Gasteiger partial charge is 0.371 e. The maximum atomic E-state index is 13.3. The highest BCUT2D eigenvalue weighted by Gasteiger charge is 2.37. The van der Waals surface area contributed by atoms with E-state index < -0.39 is 40.9 Å². The highest BCUT2D eigenvalue weighted by molar-refractivity contribution is 6.06. The third kappa shape index (κ3) is 7.10. The Kier molecular flexibility index (Phi) is 8.36. The molecule has 0 unspecified atom stereocenters. The Morgan fingerprint density at radius 1 is 0.925 bits per heavy atom. The average Bonchev–Trinajstić information content (AvgIpc) is 2.91. The lowest BCUT2D eigenvalue weighted by molar-refractivity contribution is -0.143. The van der Waals surface area contributed by atoms with Crippen LogP contribution in [0.2, 0.25) is 0 Å². The van der Waals surface area contributed by atoms with Gasteiger partial charge in [-0.1, -0.05) is 13.0 Å². The lowest BCUT2D eigenvalue weighted by Gasteiger charge is -2.33. The monoisotopic (exact) mass is 564 g/mol. The molecule has 4 rings (SSSR count). The van der Waals surface area contributed by atoms with Gasteiger partial charge in [0, 0.05) is 49.0 Å². The Morgan fingerprint density at radius 2 is 1.57 bits per heavy atom. The predicted octanol–water partition coefficient (Wildman–Crippen LogP) is 6.54. The van der Waals surface area contributed by atoms with E-state index in [0.717, 1.165) is 18.4 Å². The Balaban J connectivity index is 1.63. The van der Waals surface area contributed by atoms with E-state index in [1.807, 2.05) is 4.90 Å². The lowest BCUT2D eigenvalue weighted by atomic mass is 9.97. The largest absolute Gasteiger partial charge is 0.416 e. The van der Waals surface area contributed by atoms with Crippen molar-refractivity contribution in [1.82, 2.24) is 10.3 Å². The number of pyridine rings is 1. The van der Waals surface area contributed by atoms with Crippen LogP contribution in [0.3, 0.4) is 0 Å². The number of nitrogens with zero attached hydrogens (tertiary/aromatic N) is 2. The molecule has 0 bridgehead atoms. The fourth-order valence-corrected chi connectivity index (χ4v) is 4.39. The number of halogens is 6. The Hall–Kier alpha value is -4.09. The summed E-state index contributed by atoms with van der Waals surface area (Å²) >= 11 is 0. The molecule has 3 aromatic rings. The molecule has 2 heterocycles. The van der Waals surface area contributed by atoms with Gasteiger partial charge in [-0.3, -0.25) is 14.6 Å². The van der Waals surface area contributed by atoms with Crippen LogP contribution in [-0.2, 0) is 18.9 Å². The molecule has 0 saturated carbocycles. The summed E-state index contributed by atoms with van der Waals surface area (Å²) in [5, 5.41) is 5.14. The number of hydrogen-bond acceptors (Lipinski definition) is 4. The molecule has 2 amide bonds. The van der Waals surface area contributed by atoms with E-state index in [-0.39, 0.29) is 23.9 Å². The molecule has 2 N–H and O–H groups in total. The fourth-order valence-electron chi connectivity index (χ4n) is 4.39. The van der Waals surface area contributed by atoms with Crippen LogP contribution in [0.25, 0.3) is 0 Å². The van der Waals surface area contributed by atoms with E-state index in [4.69, 9.17) is 0 Å². The number of nitrogens with one attached hydrogen (secondary N) is 2. The lowest BCUT2D eigenvalue weighted by Crippen LogP contribution is -2.35. The molecule has 12 heteroatoms. The van der Waals surface area contributed by atoms with E-state index in [1.54, 1.807) is 30.6 Å². The molecule has 0 radical (unpaired) electrons. The number of anilines is 2. The van der Waals surface area contributed by atoms with Crippen molar-refractivity contribution in [2.45, 2.75) is 38.7 Å². The zero-order valence-electron chi connectivity index (χ0n) is 21.4. The number of hydrogen-bond donors (Lipinski definition) is 2. The van der Waals surface area contributed by atoms with Gasteiger partial charge in [0.1, 0.15) is 0 Å². The van der Waals surface area contributed by atoms with Crippen LogP contribution in [0.5, 0.6) is 0 Å². The highest BCUT2D eigenvalue weighted by Crippen LogP contribution is 2.36. The highest BCUT2D eigenvalue weighted by atomic mass is 19.4. The zero-order chi connectivity index (χ0) is 29.1. The van der Waals surface area contributed by atoms with Crippen LogP contribution in [-0.4, -0.2) is 29.9 Å². The number of aromatic nitrogens is 1. The van der Waals surface area contributed by atoms with Crippen LogP contribution >= 0.6 is 0 Å². The molecule has 40 heavy (non-hydrogen) atoms. The van der Waals surface area contributed by atoms with Gasteiger partial charge in [-0.05, 0) is 66.8 Å². The van der Waals surface area contributed by atoms with Gasteiger partial charge in [0.15, 0.2) is 0 Å². The summed E-state index contributed by atoms with van der Waals surface area (Å²) in [4.78, 5) is 32.1. The first-order chi connectivity index (χ1) is 18.8. The van der Waals surface area contributed by atoms with Crippen molar-refractivity contribution in [2.75, 3.05) is 23.3 Å². The minimum Gasteiger partial charge on any atom is -0.371 e. The van der Waals surface area contributed by atoms with Crippen molar-refractivity contribution in [3.05, 3.63) is 88.7 Å². The Morgan fingerprint density at radius 3 is 2.15 bits per heavy atom. The SMILES string of the molecule is CC1CCN(c2ccc(NC(=O)c3cc(C(F)(F)F)cc(C(F)(F)F)c3)cc2C(=O)NCc2cccnc2)CC1. The van der Waals surface area contributed by atoms with Crippen molar-refractivity contribution in [1.29, 1.82) is 0 Å². The minimum atomic E-state index is -5.09. The van der Waals surface area contributed by atoms with Gasteiger partial charge in [-0.25, -0.2) is 0 Å². The summed E-state index contributed by atoms with van der Waals surface area (Å²) in [5.74, 6) is -1.13. The number of amides is 2. The van der Waals surface area contributed by atoms with Crippen molar-refractivity contribution < 1.29 is 35.9 Å². The maximum Gasteiger partial charge on any atom is 0.416 e. The van der Waals surface area contributed by atoms with E-state index in [0.29, 0.717) is 36.8 Å². The molecule has 1 aromatic heterocycles. The third-order valence-electron chi connectivity index (χ3n) is 6.65. The molecule has 212 valence electrons. The zero-order valence-corrected chi connectivity index (χ0v) is 21.4. The predicted molar refractivity (Wildman–Crippen MR) is 137 cm³/mol. The first kappa shape index (κ1) is 28.9. The number of piperidine rings is 1. The van der Waals surface area contributed by atoms with Crippen LogP contribution in [0, 0.1) is 5.92 Å². The standard InChI is InChI=1S/C28H26F6N4O2/c1-17-6-9-38(10-7-17)24-5-4-22(14-23(24)26(40)36-16-18-3-2-8-35-15-18)37-25(39)19-11-20(27(29,30)31)13-21(12-19)28(32,33)34/h2-5,8,11-15,17H,6-7,9-10,16H2,1H3,(H,36,40)(H,37,39). The molecule has 6 nitrogen and oxygen atoms in total. The molecule has 2 aromatic carbocycles. The van der Waals surface area contributed by atoms with E-state index in [9.17, 15) is 35.9 Å². The summed E-state index contributed by atoms with van der Waals surface area (Å²) in [5.41, 5.74) is -2.42. The second-order valence-electron chi connectivity index (χ2n) is 9.69. The third-order valence-corrected chi connectivity index (χ3v) is 6.65. The molecule has 1 aliphatic heterocycles. The molecule has 1 aliphatic rings. The van der Waals surface area contributed by atoms with Crippen LogP contribution in [0.1, 0.15) is 57.2 Å². The Labute approximate surface area is 226 Å². The van der Waals surface area contributed by atoms with Crippen molar-refractivity contribution in [3.63, 3.8) is 0 Å². The van der Waals surface area contributed by atoms with E-state index in [1.165, 1.54) is 12.1 Å². The first-order valence-corrected chi connectivity index (χ1v) is 12.5. The minimum absolute atomic E-state index is 0.0385. The van der Waals surface area contributed by atoms with Gasteiger partial charge in [0.2, 0.25) is 0 Å². The Bertz CT molecular complexity index is 1340. The molecule has 0 atom stereocenters. The summed E-state index contributed by atoms with van der Waals surface area (Å²) in [6, 6.07) is 8.60. The topological polar surface area (TPSA) is 74.3 Å². The van der Waals surface area contributed by atoms with Crippen LogP contribution < -0.4 is 15.5 Å². The van der Waals surface area contributed by atoms with Crippen molar-refractivity contribution in [3.8, 4) is 0 Å².